The van der Waals surface area contributed by atoms with Gasteiger partial charge in [0.2, 0.25) is 0 Å². The summed E-state index contributed by atoms with van der Waals surface area (Å²) in [6.07, 6.45) is 0. The predicted octanol–water partition coefficient (Wildman–Crippen LogP) is 2.33. The fourth-order valence-corrected chi connectivity index (χ4v) is 4.37. The van der Waals surface area contributed by atoms with Crippen LogP contribution in [0.15, 0.2) is 70.3 Å². The van der Waals surface area contributed by atoms with Crippen LogP contribution in [0, 0.1) is 0 Å². The Bertz CT molecular complexity index is 1110. The quantitative estimate of drug-likeness (QED) is 0.474. The highest BCUT2D eigenvalue weighted by Gasteiger charge is 2.20. The molecule has 1 heterocycles. The van der Waals surface area contributed by atoms with Crippen LogP contribution in [0.2, 0.25) is 0 Å². The molecule has 0 aliphatic carbocycles. The molecular weight excluding hydrogens is 402 g/mol. The summed E-state index contributed by atoms with van der Waals surface area (Å²) in [6.45, 7) is 0. The highest BCUT2D eigenvalue weighted by atomic mass is 32.2. The van der Waals surface area contributed by atoms with Gasteiger partial charge in [0, 0.05) is 0 Å². The van der Waals surface area contributed by atoms with E-state index in [0.717, 1.165) is 11.3 Å². The SMILES string of the molecule is O=C(NNC(=O)c1ccccc1NS(=O)(=O)c1cccs1)c1ccccc1O. The molecule has 4 N–H and O–H groups in total. The van der Waals surface area contributed by atoms with E-state index in [1.807, 2.05) is 0 Å². The van der Waals surface area contributed by atoms with Crippen molar-refractivity contribution in [1.82, 2.24) is 10.9 Å². The molecule has 0 saturated heterocycles. The lowest BCUT2D eigenvalue weighted by Gasteiger charge is -2.13. The minimum absolute atomic E-state index is 0.0141. The molecule has 0 aliphatic heterocycles. The summed E-state index contributed by atoms with van der Waals surface area (Å²) < 4.78 is 27.3. The minimum Gasteiger partial charge on any atom is -0.507 e. The summed E-state index contributed by atoms with van der Waals surface area (Å²) >= 11 is 1.04. The molecule has 0 atom stereocenters. The zero-order valence-corrected chi connectivity index (χ0v) is 15.9. The van der Waals surface area contributed by atoms with E-state index >= 15 is 0 Å². The van der Waals surface area contributed by atoms with Gasteiger partial charge < -0.3 is 5.11 Å². The molecule has 0 bridgehead atoms. The standard InChI is InChI=1S/C18H15N3O5S2/c22-15-9-4-2-7-13(15)18(24)20-19-17(23)12-6-1-3-8-14(12)21-28(25,26)16-10-5-11-27-16/h1-11,21-22H,(H,19,23)(H,20,24). The first-order chi connectivity index (χ1) is 13.4. The third-order valence-electron chi connectivity index (χ3n) is 3.61. The van der Waals surface area contributed by atoms with Crippen LogP contribution in [-0.4, -0.2) is 25.3 Å². The molecule has 0 aliphatic rings. The predicted molar refractivity (Wildman–Crippen MR) is 105 cm³/mol. The molecule has 144 valence electrons. The Morgan fingerprint density at radius 2 is 1.43 bits per heavy atom. The molecule has 1 aromatic heterocycles. The van der Waals surface area contributed by atoms with Gasteiger partial charge in [-0.15, -0.1) is 11.3 Å². The van der Waals surface area contributed by atoms with Gasteiger partial charge in [-0.05, 0) is 35.7 Å². The lowest BCUT2D eigenvalue weighted by molar-refractivity contribution is 0.0845. The van der Waals surface area contributed by atoms with E-state index in [1.54, 1.807) is 35.7 Å². The zero-order valence-electron chi connectivity index (χ0n) is 14.2. The van der Waals surface area contributed by atoms with Crippen LogP contribution in [0.4, 0.5) is 5.69 Å². The van der Waals surface area contributed by atoms with Crippen molar-refractivity contribution in [1.29, 1.82) is 0 Å². The number of phenolic OH excluding ortho intramolecular Hbond substituents is 1. The molecule has 2 aromatic carbocycles. The molecule has 10 heteroatoms. The van der Waals surface area contributed by atoms with Crippen LogP contribution in [0.5, 0.6) is 5.75 Å². The van der Waals surface area contributed by atoms with Gasteiger partial charge in [0.1, 0.15) is 9.96 Å². The normalized spacial score (nSPS) is 10.9. The van der Waals surface area contributed by atoms with Gasteiger partial charge in [-0.3, -0.25) is 25.2 Å². The van der Waals surface area contributed by atoms with Crippen LogP contribution in [0.25, 0.3) is 0 Å². The average molecular weight is 417 g/mol. The van der Waals surface area contributed by atoms with Gasteiger partial charge in [-0.2, -0.15) is 0 Å². The summed E-state index contributed by atoms with van der Waals surface area (Å²) in [4.78, 5) is 24.5. The monoisotopic (exact) mass is 417 g/mol. The smallest absolute Gasteiger partial charge is 0.273 e. The summed E-state index contributed by atoms with van der Waals surface area (Å²) in [5.41, 5.74) is 4.44. The fraction of sp³-hybridized carbons (Fsp3) is 0. The molecule has 3 rings (SSSR count). The second kappa shape index (κ2) is 8.11. The lowest BCUT2D eigenvalue weighted by atomic mass is 10.2. The van der Waals surface area contributed by atoms with Crippen molar-refractivity contribution in [3.63, 3.8) is 0 Å². The van der Waals surface area contributed by atoms with E-state index in [-0.39, 0.29) is 26.8 Å². The highest BCUT2D eigenvalue weighted by Crippen LogP contribution is 2.22. The molecular formula is C18H15N3O5S2. The van der Waals surface area contributed by atoms with Crippen LogP contribution < -0.4 is 15.6 Å². The number of hydrogen-bond donors (Lipinski definition) is 4. The number of carbonyl (C=O) groups excluding carboxylic acids is 2. The van der Waals surface area contributed by atoms with Crippen molar-refractivity contribution in [3.05, 3.63) is 77.2 Å². The molecule has 2 amide bonds. The van der Waals surface area contributed by atoms with Gasteiger partial charge in [-0.25, -0.2) is 8.42 Å². The van der Waals surface area contributed by atoms with Gasteiger partial charge in [0.05, 0.1) is 16.8 Å². The van der Waals surface area contributed by atoms with Crippen molar-refractivity contribution in [2.75, 3.05) is 4.72 Å². The van der Waals surface area contributed by atoms with Crippen LogP contribution in [0.3, 0.4) is 0 Å². The second-order valence-corrected chi connectivity index (χ2v) is 8.37. The largest absolute Gasteiger partial charge is 0.507 e. The van der Waals surface area contributed by atoms with Gasteiger partial charge in [0.15, 0.2) is 0 Å². The van der Waals surface area contributed by atoms with E-state index < -0.39 is 21.8 Å². The molecule has 28 heavy (non-hydrogen) atoms. The molecule has 0 radical (unpaired) electrons. The number of hydrogen-bond acceptors (Lipinski definition) is 6. The van der Waals surface area contributed by atoms with Crippen LogP contribution >= 0.6 is 11.3 Å². The van der Waals surface area contributed by atoms with Crippen molar-refractivity contribution in [3.8, 4) is 5.75 Å². The first-order valence-corrected chi connectivity index (χ1v) is 10.3. The van der Waals surface area contributed by atoms with Crippen LogP contribution in [-0.2, 0) is 10.0 Å². The summed E-state index contributed by atoms with van der Waals surface area (Å²) in [6, 6.07) is 14.9. The Balaban J connectivity index is 1.74. The highest BCUT2D eigenvalue weighted by molar-refractivity contribution is 7.94. The van der Waals surface area contributed by atoms with Crippen molar-refractivity contribution in [2.24, 2.45) is 0 Å². The summed E-state index contributed by atoms with van der Waals surface area (Å²) in [5.74, 6) is -1.69. The number of amides is 2. The summed E-state index contributed by atoms with van der Waals surface area (Å²) in [5, 5.41) is 11.3. The molecule has 0 spiro atoms. The average Bonchev–Trinajstić information content (AvgIpc) is 3.22. The molecule has 0 fully saturated rings. The Morgan fingerprint density at radius 1 is 0.821 bits per heavy atom. The second-order valence-electron chi connectivity index (χ2n) is 5.51. The van der Waals surface area contributed by atoms with Crippen molar-refractivity contribution < 1.29 is 23.1 Å². The number of hydrazine groups is 1. The number of sulfonamides is 1. The van der Waals surface area contributed by atoms with E-state index in [9.17, 15) is 23.1 Å². The fourth-order valence-electron chi connectivity index (χ4n) is 2.30. The maximum Gasteiger partial charge on any atom is 0.273 e. The topological polar surface area (TPSA) is 125 Å². The number of anilines is 1. The molecule has 0 saturated carbocycles. The Labute approximate surface area is 164 Å². The number of nitrogens with one attached hydrogen (secondary N) is 3. The minimum atomic E-state index is -3.84. The van der Waals surface area contributed by atoms with E-state index in [2.05, 4.69) is 15.6 Å². The number of carbonyl (C=O) groups is 2. The molecule has 3 aromatic rings. The number of benzene rings is 2. The zero-order chi connectivity index (χ0) is 20.1. The Morgan fingerprint density at radius 3 is 2.07 bits per heavy atom. The van der Waals surface area contributed by atoms with Crippen molar-refractivity contribution in [2.45, 2.75) is 4.21 Å². The number of para-hydroxylation sites is 2. The maximum atomic E-state index is 12.4. The van der Waals surface area contributed by atoms with E-state index in [0.29, 0.717) is 0 Å². The lowest BCUT2D eigenvalue weighted by Crippen LogP contribution is -2.41. The molecule has 0 unspecified atom stereocenters. The first kappa shape index (κ1) is 19.4. The van der Waals surface area contributed by atoms with Gasteiger partial charge in [-0.1, -0.05) is 30.3 Å². The summed E-state index contributed by atoms with van der Waals surface area (Å²) in [7, 11) is -3.84. The number of aromatic hydroxyl groups is 1. The van der Waals surface area contributed by atoms with Gasteiger partial charge in [0.25, 0.3) is 21.8 Å². The number of thiophene rings is 1. The van der Waals surface area contributed by atoms with Crippen molar-refractivity contribution >= 4 is 38.9 Å². The third kappa shape index (κ3) is 4.30. The Kier molecular flexibility index (Phi) is 5.62. The van der Waals surface area contributed by atoms with Gasteiger partial charge >= 0.3 is 0 Å². The molecule has 8 nitrogen and oxygen atoms in total. The maximum absolute atomic E-state index is 12.4. The number of phenols is 1. The first-order valence-electron chi connectivity index (χ1n) is 7.92. The van der Waals surface area contributed by atoms with E-state index in [4.69, 9.17) is 0 Å². The van der Waals surface area contributed by atoms with E-state index in [1.165, 1.54) is 30.3 Å². The number of rotatable bonds is 5. The Hall–Kier alpha value is -3.37. The van der Waals surface area contributed by atoms with Crippen LogP contribution in [0.1, 0.15) is 20.7 Å². The third-order valence-corrected chi connectivity index (χ3v) is 6.38.